The van der Waals surface area contributed by atoms with Crippen LogP contribution in [0.15, 0.2) is 73.1 Å². The summed E-state index contributed by atoms with van der Waals surface area (Å²) in [6.45, 7) is 3.67. The van der Waals surface area contributed by atoms with E-state index in [1.807, 2.05) is 36.5 Å². The summed E-state index contributed by atoms with van der Waals surface area (Å²) in [6, 6.07) is 20.4. The van der Waals surface area contributed by atoms with Crippen LogP contribution in [0.25, 0.3) is 10.8 Å². The lowest BCUT2D eigenvalue weighted by Gasteiger charge is -2.37. The van der Waals surface area contributed by atoms with E-state index in [9.17, 15) is 0 Å². The minimum absolute atomic E-state index is 0.692. The average molecular weight is 430 g/mol. The van der Waals surface area contributed by atoms with Crippen LogP contribution in [-0.4, -0.2) is 36.1 Å². The molecule has 2 aromatic heterocycles. The normalized spacial score (nSPS) is 14.2. The molecule has 2 aromatic carbocycles. The quantitative estimate of drug-likeness (QED) is 0.505. The number of piperazine rings is 1. The zero-order valence-electron chi connectivity index (χ0n) is 17.2. The van der Waals surface area contributed by atoms with Crippen molar-refractivity contribution in [3.63, 3.8) is 0 Å². The fourth-order valence-corrected chi connectivity index (χ4v) is 4.44. The second kappa shape index (κ2) is 8.44. The Hall–Kier alpha value is -3.31. The molecule has 5 rings (SSSR count). The Bertz CT molecular complexity index is 1200. The molecule has 0 aliphatic carbocycles. The van der Waals surface area contributed by atoms with Gasteiger partial charge in [-0.15, -0.1) is 0 Å². The van der Waals surface area contributed by atoms with Gasteiger partial charge in [0.2, 0.25) is 0 Å². The highest BCUT2D eigenvalue weighted by Crippen LogP contribution is 2.30. The van der Waals surface area contributed by atoms with Gasteiger partial charge in [0.05, 0.1) is 29.5 Å². The van der Waals surface area contributed by atoms with Crippen LogP contribution in [0.3, 0.4) is 0 Å². The number of nitrogen functional groups attached to an aromatic ring is 1. The van der Waals surface area contributed by atoms with Crippen LogP contribution >= 0.6 is 11.6 Å². The molecular weight excluding hydrogens is 406 g/mol. The zero-order valence-corrected chi connectivity index (χ0v) is 18.0. The van der Waals surface area contributed by atoms with E-state index >= 15 is 0 Å². The van der Waals surface area contributed by atoms with Gasteiger partial charge in [0.25, 0.3) is 0 Å². The summed E-state index contributed by atoms with van der Waals surface area (Å²) in [4.78, 5) is 14.1. The van der Waals surface area contributed by atoms with Crippen molar-refractivity contribution in [1.82, 2.24) is 9.97 Å². The summed E-state index contributed by atoms with van der Waals surface area (Å²) in [7, 11) is 0. The maximum atomic E-state index is 6.18. The summed E-state index contributed by atoms with van der Waals surface area (Å²) >= 11 is 6.18. The van der Waals surface area contributed by atoms with Crippen LogP contribution in [0.1, 0.15) is 11.3 Å². The summed E-state index contributed by atoms with van der Waals surface area (Å²) in [5.74, 6) is 0.980. The van der Waals surface area contributed by atoms with Crippen molar-refractivity contribution in [3.05, 3.63) is 89.3 Å². The van der Waals surface area contributed by atoms with Crippen LogP contribution in [0, 0.1) is 0 Å². The van der Waals surface area contributed by atoms with Crippen molar-refractivity contribution in [3.8, 4) is 0 Å². The number of halogens is 1. The van der Waals surface area contributed by atoms with Gasteiger partial charge < -0.3 is 15.5 Å². The number of nitrogens with zero attached hydrogens (tertiary/aromatic N) is 4. The number of rotatable bonds is 4. The Balaban J connectivity index is 1.39. The molecule has 3 heterocycles. The summed E-state index contributed by atoms with van der Waals surface area (Å²) in [5.41, 5.74) is 9.90. The van der Waals surface area contributed by atoms with Gasteiger partial charge in [-0.1, -0.05) is 48.0 Å². The Labute approximate surface area is 187 Å². The predicted octanol–water partition coefficient (Wildman–Crippen LogP) is 4.78. The maximum absolute atomic E-state index is 6.18. The molecule has 0 bridgehead atoms. The first kappa shape index (κ1) is 19.6. The van der Waals surface area contributed by atoms with E-state index in [0.717, 1.165) is 49.1 Å². The number of hydrogen-bond donors (Lipinski definition) is 1. The molecule has 2 N–H and O–H groups in total. The lowest BCUT2D eigenvalue weighted by molar-refractivity contribution is 0.648. The van der Waals surface area contributed by atoms with Crippen molar-refractivity contribution in [1.29, 1.82) is 0 Å². The van der Waals surface area contributed by atoms with E-state index in [1.165, 1.54) is 22.0 Å². The third-order valence-electron chi connectivity index (χ3n) is 5.83. The first-order valence-corrected chi connectivity index (χ1v) is 10.9. The number of aromatic nitrogens is 2. The van der Waals surface area contributed by atoms with E-state index in [1.54, 1.807) is 6.20 Å². The molecule has 6 heteroatoms. The molecule has 1 saturated heterocycles. The summed E-state index contributed by atoms with van der Waals surface area (Å²) in [5, 5.41) is 3.20. The molecular formula is C25H24ClN5. The molecule has 0 atom stereocenters. The van der Waals surface area contributed by atoms with E-state index in [2.05, 4.69) is 45.1 Å². The lowest BCUT2D eigenvalue weighted by Crippen LogP contribution is -2.47. The van der Waals surface area contributed by atoms with Crippen LogP contribution in [-0.2, 0) is 6.42 Å². The molecule has 1 aliphatic rings. The van der Waals surface area contributed by atoms with Crippen molar-refractivity contribution in [2.75, 3.05) is 41.7 Å². The topological polar surface area (TPSA) is 58.3 Å². The Morgan fingerprint density at radius 2 is 1.58 bits per heavy atom. The smallest absolute Gasteiger partial charge is 0.128 e. The number of hydrogen-bond acceptors (Lipinski definition) is 5. The molecule has 0 radical (unpaired) electrons. The Kier molecular flexibility index (Phi) is 5.35. The molecule has 0 unspecified atom stereocenters. The number of anilines is 3. The summed E-state index contributed by atoms with van der Waals surface area (Å²) in [6.07, 6.45) is 4.51. The monoisotopic (exact) mass is 429 g/mol. The fraction of sp³-hybridized carbons (Fsp3) is 0.200. The van der Waals surface area contributed by atoms with Gasteiger partial charge in [0.15, 0.2) is 0 Å². The molecule has 0 saturated carbocycles. The third kappa shape index (κ3) is 4.14. The predicted molar refractivity (Wildman–Crippen MR) is 129 cm³/mol. The fourth-order valence-electron chi connectivity index (χ4n) is 4.23. The highest BCUT2D eigenvalue weighted by molar-refractivity contribution is 6.30. The van der Waals surface area contributed by atoms with Gasteiger partial charge in [-0.3, -0.25) is 4.98 Å². The van der Waals surface area contributed by atoms with Gasteiger partial charge in [-0.05, 0) is 29.8 Å². The second-order valence-corrected chi connectivity index (χ2v) is 8.30. The number of benzene rings is 2. The Morgan fingerprint density at radius 1 is 0.806 bits per heavy atom. The average Bonchev–Trinajstić information content (AvgIpc) is 2.80. The Morgan fingerprint density at radius 3 is 2.32 bits per heavy atom. The minimum Gasteiger partial charge on any atom is -0.397 e. The maximum Gasteiger partial charge on any atom is 0.128 e. The molecule has 5 nitrogen and oxygen atoms in total. The number of fused-ring (bicyclic) bond motifs is 1. The van der Waals surface area contributed by atoms with E-state index in [-0.39, 0.29) is 0 Å². The van der Waals surface area contributed by atoms with E-state index in [0.29, 0.717) is 5.69 Å². The molecule has 31 heavy (non-hydrogen) atoms. The first-order valence-electron chi connectivity index (χ1n) is 10.5. The SMILES string of the molecule is Nc1ccc(N2CCN(c3cnc(Cc4cccc(Cl)c4)c4ccccc34)CC2)nc1. The van der Waals surface area contributed by atoms with Crippen molar-refractivity contribution in [2.24, 2.45) is 0 Å². The van der Waals surface area contributed by atoms with Gasteiger partial charge >= 0.3 is 0 Å². The molecule has 1 fully saturated rings. The molecule has 0 spiro atoms. The molecule has 1 aliphatic heterocycles. The highest BCUT2D eigenvalue weighted by Gasteiger charge is 2.20. The minimum atomic E-state index is 0.692. The highest BCUT2D eigenvalue weighted by atomic mass is 35.5. The van der Waals surface area contributed by atoms with E-state index < -0.39 is 0 Å². The number of nitrogens with two attached hydrogens (primary N) is 1. The van der Waals surface area contributed by atoms with Crippen LogP contribution < -0.4 is 15.5 Å². The zero-order chi connectivity index (χ0) is 21.2. The van der Waals surface area contributed by atoms with Crippen LogP contribution in [0.4, 0.5) is 17.2 Å². The van der Waals surface area contributed by atoms with E-state index in [4.69, 9.17) is 22.3 Å². The largest absolute Gasteiger partial charge is 0.397 e. The molecule has 156 valence electrons. The first-order chi connectivity index (χ1) is 15.2. The molecule has 4 aromatic rings. The second-order valence-electron chi connectivity index (χ2n) is 7.87. The standard InChI is InChI=1S/C25H24ClN5/c26-19-5-3-4-18(14-19)15-23-21-6-1-2-7-22(21)24(17-28-23)30-10-12-31(13-11-30)25-9-8-20(27)16-29-25/h1-9,14,16-17H,10-13,15,27H2. The van der Waals surface area contributed by atoms with Gasteiger partial charge in [0.1, 0.15) is 5.82 Å². The van der Waals surface area contributed by atoms with Crippen LogP contribution in [0.2, 0.25) is 5.02 Å². The third-order valence-corrected chi connectivity index (χ3v) is 6.07. The summed E-state index contributed by atoms with van der Waals surface area (Å²) < 4.78 is 0. The lowest BCUT2D eigenvalue weighted by atomic mass is 10.0. The molecule has 0 amide bonds. The van der Waals surface area contributed by atoms with Gasteiger partial charge in [-0.25, -0.2) is 4.98 Å². The number of pyridine rings is 2. The van der Waals surface area contributed by atoms with Crippen molar-refractivity contribution < 1.29 is 0 Å². The van der Waals surface area contributed by atoms with Gasteiger partial charge in [-0.2, -0.15) is 0 Å². The van der Waals surface area contributed by atoms with Crippen molar-refractivity contribution >= 4 is 39.6 Å². The van der Waals surface area contributed by atoms with Crippen LogP contribution in [0.5, 0.6) is 0 Å². The van der Waals surface area contributed by atoms with Crippen molar-refractivity contribution in [2.45, 2.75) is 6.42 Å². The van der Waals surface area contributed by atoms with Gasteiger partial charge in [0, 0.05) is 48.4 Å².